The third kappa shape index (κ3) is 5.96. The number of fused-ring (bicyclic) bond motifs is 3. The summed E-state index contributed by atoms with van der Waals surface area (Å²) in [7, 11) is -3.39. The van der Waals surface area contributed by atoms with Crippen LogP contribution in [0, 0.1) is 6.92 Å². The van der Waals surface area contributed by atoms with Gasteiger partial charge in [0.15, 0.2) is 0 Å². The summed E-state index contributed by atoms with van der Waals surface area (Å²) in [4.78, 5) is 0. The van der Waals surface area contributed by atoms with Crippen molar-refractivity contribution in [3.05, 3.63) is 88.5 Å². The Morgan fingerprint density at radius 3 is 1.61 bits per heavy atom. The van der Waals surface area contributed by atoms with E-state index in [1.165, 1.54) is 67.5 Å². The molecule has 1 nitrogen and oxygen atoms in total. The van der Waals surface area contributed by atoms with E-state index in [0.29, 0.717) is 12.1 Å². The number of ether oxygens (including phenoxy) is 1. The first kappa shape index (κ1) is 34.5. The summed E-state index contributed by atoms with van der Waals surface area (Å²) in [5, 5.41) is 3.11. The van der Waals surface area contributed by atoms with Crippen molar-refractivity contribution in [1.82, 2.24) is 0 Å². The molecule has 0 amide bonds. The van der Waals surface area contributed by atoms with Crippen LogP contribution in [0.3, 0.4) is 0 Å². The third-order valence-electron chi connectivity index (χ3n) is 10.3. The second-order valence-corrected chi connectivity index (χ2v) is 24.5. The number of hydrogen-bond donors (Lipinski definition) is 0. The zero-order valence-electron chi connectivity index (χ0n) is 30.5. The van der Waals surface area contributed by atoms with Crippen molar-refractivity contribution >= 4 is 27.2 Å². The van der Waals surface area contributed by atoms with Gasteiger partial charge in [-0.05, 0) is 67.3 Å². The molecule has 0 saturated heterocycles. The van der Waals surface area contributed by atoms with Gasteiger partial charge in [0.05, 0.1) is 8.80 Å². The minimum absolute atomic E-state index is 0.0137. The molecule has 0 N–H and O–H groups in total. The Morgan fingerprint density at radius 1 is 0.773 bits per heavy atom. The quantitative estimate of drug-likeness (QED) is 0.179. The maximum atomic E-state index is 6.90. The van der Waals surface area contributed by atoms with Crippen molar-refractivity contribution in [3.63, 3.8) is 0 Å². The molecule has 0 bridgehead atoms. The molecular weight excluding hydrogens is 565 g/mol. The summed E-state index contributed by atoms with van der Waals surface area (Å²) in [6.45, 7) is 38.0. The van der Waals surface area contributed by atoms with E-state index in [2.05, 4.69) is 145 Å². The lowest BCUT2D eigenvalue weighted by Crippen LogP contribution is -2.54. The highest BCUT2D eigenvalue weighted by atomic mass is 28.3. The van der Waals surface area contributed by atoms with Crippen LogP contribution in [-0.4, -0.2) is 23.5 Å². The van der Waals surface area contributed by atoms with Gasteiger partial charge in [-0.1, -0.05) is 167 Å². The number of rotatable bonds is 8. The number of aryl methyl sites for hydroxylation is 1. The molecule has 44 heavy (non-hydrogen) atoms. The Balaban J connectivity index is 2.16. The van der Waals surface area contributed by atoms with Crippen molar-refractivity contribution in [3.8, 4) is 16.9 Å². The molecule has 0 aromatic heterocycles. The van der Waals surface area contributed by atoms with Crippen molar-refractivity contribution in [2.24, 2.45) is 0 Å². The Bertz CT molecular complexity index is 1470. The summed E-state index contributed by atoms with van der Waals surface area (Å²) < 4.78 is 6.90. The maximum absolute atomic E-state index is 6.90. The van der Waals surface area contributed by atoms with Gasteiger partial charge in [0, 0.05) is 5.54 Å². The normalized spacial score (nSPS) is 14.2. The van der Waals surface area contributed by atoms with E-state index in [4.69, 9.17) is 4.74 Å². The topological polar surface area (TPSA) is 9.23 Å². The van der Waals surface area contributed by atoms with E-state index >= 15 is 0 Å². The van der Waals surface area contributed by atoms with Crippen LogP contribution >= 0.6 is 0 Å². The van der Waals surface area contributed by atoms with Gasteiger partial charge in [-0.15, -0.1) is 0 Å². The van der Waals surface area contributed by atoms with Gasteiger partial charge in [0.1, 0.15) is 20.4 Å². The zero-order valence-corrected chi connectivity index (χ0v) is 32.7. The lowest BCUT2D eigenvalue weighted by molar-refractivity contribution is 0.354. The van der Waals surface area contributed by atoms with Crippen LogP contribution in [0.5, 0.6) is 5.75 Å². The van der Waals surface area contributed by atoms with E-state index in [0.717, 1.165) is 0 Å². The fraction of sp³-hybridized carbons (Fsp3) is 0.512. The fourth-order valence-electron chi connectivity index (χ4n) is 7.94. The van der Waals surface area contributed by atoms with Gasteiger partial charge in [0.25, 0.3) is 0 Å². The molecule has 0 radical (unpaired) electrons. The SMILES string of the molecule is C=CCOc1c([Si](CC)(CC)C2c3ccc(C(C)(C)C)cc3-c3cc(C(C)(C)C)ccc32)cc(C)c([SiH](C)C)c1C(C)(C)C. The van der Waals surface area contributed by atoms with Crippen molar-refractivity contribution in [1.29, 1.82) is 0 Å². The van der Waals surface area contributed by atoms with Gasteiger partial charge in [-0.3, -0.25) is 0 Å². The van der Waals surface area contributed by atoms with Crippen LogP contribution in [0.1, 0.15) is 115 Å². The number of benzene rings is 3. The predicted octanol–water partition coefficient (Wildman–Crippen LogP) is 10.2. The molecule has 1 aliphatic carbocycles. The van der Waals surface area contributed by atoms with E-state index in [1.54, 1.807) is 5.19 Å². The average Bonchev–Trinajstić information content (AvgIpc) is 3.25. The molecule has 0 atom stereocenters. The van der Waals surface area contributed by atoms with E-state index in [1.807, 2.05) is 6.08 Å². The van der Waals surface area contributed by atoms with Crippen LogP contribution in [0.2, 0.25) is 25.2 Å². The van der Waals surface area contributed by atoms with Crippen LogP contribution in [-0.2, 0) is 16.2 Å². The van der Waals surface area contributed by atoms with Gasteiger partial charge in [-0.2, -0.15) is 0 Å². The third-order valence-corrected chi connectivity index (χ3v) is 17.9. The first-order valence-electron chi connectivity index (χ1n) is 17.0. The molecular formula is C41H60OSi2. The summed E-state index contributed by atoms with van der Waals surface area (Å²) >= 11 is 0. The Hall–Kier alpha value is -2.37. The zero-order chi connectivity index (χ0) is 33.0. The summed E-state index contributed by atoms with van der Waals surface area (Å²) in [6.07, 6.45) is 1.92. The van der Waals surface area contributed by atoms with E-state index in [-0.39, 0.29) is 16.2 Å². The molecule has 3 heteroatoms. The molecule has 3 aromatic carbocycles. The summed E-state index contributed by atoms with van der Waals surface area (Å²) in [5.41, 5.74) is 12.3. The van der Waals surface area contributed by atoms with E-state index < -0.39 is 16.9 Å². The maximum Gasteiger partial charge on any atom is 0.122 e. The molecule has 0 fully saturated rings. The Labute approximate surface area is 273 Å². The standard InChI is InChI=1S/C41H60OSi2/c1-16-23-42-36-34(24-27(4)37(43(14)15)35(36)41(11,12)13)44(17-2,18-3)38-30-21-19-28(39(5,6)7)25-32(30)33-26-29(40(8,9)10)20-22-31(33)38/h16,19-22,24-26,38,43H,1,17-18,23H2,2-15H3. The van der Waals surface area contributed by atoms with E-state index in [9.17, 15) is 0 Å². The molecule has 0 saturated carbocycles. The average molecular weight is 625 g/mol. The van der Waals surface area contributed by atoms with Gasteiger partial charge in [0.2, 0.25) is 0 Å². The molecule has 0 spiro atoms. The van der Waals surface area contributed by atoms with Gasteiger partial charge in [-0.25, -0.2) is 0 Å². The van der Waals surface area contributed by atoms with Crippen LogP contribution in [0.25, 0.3) is 11.1 Å². The second kappa shape index (κ2) is 12.1. The molecule has 0 aliphatic heterocycles. The van der Waals surface area contributed by atoms with Crippen LogP contribution < -0.4 is 15.1 Å². The lowest BCUT2D eigenvalue weighted by atomic mass is 9.83. The van der Waals surface area contributed by atoms with Crippen molar-refractivity contribution in [2.75, 3.05) is 6.61 Å². The summed E-state index contributed by atoms with van der Waals surface area (Å²) in [6, 6.07) is 19.8. The Morgan fingerprint density at radius 2 is 1.25 bits per heavy atom. The highest BCUT2D eigenvalue weighted by molar-refractivity contribution is 6.94. The van der Waals surface area contributed by atoms with Crippen LogP contribution in [0.4, 0.5) is 0 Å². The first-order chi connectivity index (χ1) is 20.3. The van der Waals surface area contributed by atoms with Gasteiger partial charge >= 0.3 is 0 Å². The monoisotopic (exact) mass is 624 g/mol. The fourth-order valence-corrected chi connectivity index (χ4v) is 15.3. The minimum atomic E-state index is -2.25. The lowest BCUT2D eigenvalue weighted by Gasteiger charge is -2.41. The smallest absolute Gasteiger partial charge is 0.122 e. The predicted molar refractivity (Wildman–Crippen MR) is 202 cm³/mol. The number of hydrogen-bond acceptors (Lipinski definition) is 1. The molecule has 1 aliphatic rings. The Kier molecular flexibility index (Phi) is 9.49. The molecule has 238 valence electrons. The highest BCUT2D eigenvalue weighted by Gasteiger charge is 2.49. The first-order valence-corrected chi connectivity index (χ1v) is 22.4. The molecule has 3 aromatic rings. The largest absolute Gasteiger partial charge is 0.489 e. The molecule has 4 rings (SSSR count). The second-order valence-electron chi connectivity index (χ2n) is 16.8. The highest BCUT2D eigenvalue weighted by Crippen LogP contribution is 2.53. The van der Waals surface area contributed by atoms with Crippen molar-refractivity contribution in [2.45, 2.75) is 130 Å². The van der Waals surface area contributed by atoms with Crippen molar-refractivity contribution < 1.29 is 4.74 Å². The van der Waals surface area contributed by atoms with Crippen LogP contribution in [0.15, 0.2) is 55.1 Å². The minimum Gasteiger partial charge on any atom is -0.489 e. The van der Waals surface area contributed by atoms with Gasteiger partial charge < -0.3 is 4.74 Å². The molecule has 0 heterocycles. The summed E-state index contributed by atoms with van der Waals surface area (Å²) in [5.74, 6) is 1.18. The molecule has 0 unspecified atom stereocenters.